The molecule has 1 aromatic heterocycles. The van der Waals surface area contributed by atoms with Crippen LogP contribution in [0.5, 0.6) is 0 Å². The number of unbranched alkanes of at least 4 members (excludes halogenated alkanes) is 2. The second kappa shape index (κ2) is 12.8. The maximum atomic E-state index is 13.1. The smallest absolute Gasteiger partial charge is 0.305 e. The predicted octanol–water partition coefficient (Wildman–Crippen LogP) is 4.74. The first kappa shape index (κ1) is 28.3. The molecule has 0 saturated heterocycles. The molecule has 1 aliphatic carbocycles. The Balaban J connectivity index is 0.000000414. The lowest BCUT2D eigenvalue weighted by atomic mass is 9.92. The lowest BCUT2D eigenvalue weighted by Gasteiger charge is -2.25. The summed E-state index contributed by atoms with van der Waals surface area (Å²) >= 11 is 0. The van der Waals surface area contributed by atoms with Crippen LogP contribution in [-0.2, 0) is 39.0 Å². The molecule has 1 aliphatic rings. The second-order valence-electron chi connectivity index (χ2n) is 9.10. The van der Waals surface area contributed by atoms with Gasteiger partial charge < -0.3 is 14.8 Å². The monoisotopic (exact) mass is 532 g/mol. The molecule has 0 radical (unpaired) electrons. The van der Waals surface area contributed by atoms with Crippen LogP contribution in [0.2, 0.25) is 0 Å². The van der Waals surface area contributed by atoms with Gasteiger partial charge in [-0.1, -0.05) is 38.0 Å². The van der Waals surface area contributed by atoms with Crippen LogP contribution >= 0.6 is 0 Å². The molecule has 4 rings (SSSR count). The zero-order valence-corrected chi connectivity index (χ0v) is 21.6. The van der Waals surface area contributed by atoms with Crippen LogP contribution in [-0.4, -0.2) is 41.2 Å². The van der Waals surface area contributed by atoms with Gasteiger partial charge in [0.15, 0.2) is 0 Å². The van der Waals surface area contributed by atoms with E-state index in [0.29, 0.717) is 32.2 Å². The van der Waals surface area contributed by atoms with Crippen LogP contribution in [0.3, 0.4) is 0 Å². The first-order valence-corrected chi connectivity index (χ1v) is 13.9. The van der Waals surface area contributed by atoms with Crippen molar-refractivity contribution in [2.24, 2.45) is 0 Å². The van der Waals surface area contributed by atoms with E-state index < -0.39 is 27.8 Å². The summed E-state index contributed by atoms with van der Waals surface area (Å²) in [7, 11) is -3.75. The minimum Gasteiger partial charge on any atom is -0.481 e. The zero-order valence-electron chi connectivity index (χ0n) is 20.8. The van der Waals surface area contributed by atoms with E-state index in [1.807, 2.05) is 28.8 Å². The van der Waals surface area contributed by atoms with Crippen molar-refractivity contribution in [3.8, 4) is 0 Å². The highest BCUT2D eigenvalue weighted by Crippen LogP contribution is 2.33. The van der Waals surface area contributed by atoms with Crippen LogP contribution < -0.4 is 4.72 Å². The Labute approximate surface area is 216 Å². The summed E-state index contributed by atoms with van der Waals surface area (Å²) in [6.45, 7) is 2.44. The van der Waals surface area contributed by atoms with Crippen molar-refractivity contribution in [2.75, 3.05) is 0 Å². The van der Waals surface area contributed by atoms with Gasteiger partial charge in [-0.2, -0.15) is 0 Å². The lowest BCUT2D eigenvalue weighted by Crippen LogP contribution is -2.39. The first-order valence-electron chi connectivity index (χ1n) is 12.4. The molecule has 3 aromatic rings. The number of benzene rings is 2. The maximum Gasteiger partial charge on any atom is 0.305 e. The number of aromatic nitrogens is 1. The molecule has 200 valence electrons. The number of carbonyl (C=O) groups is 2. The summed E-state index contributed by atoms with van der Waals surface area (Å²) in [4.78, 5) is 21.0. The highest BCUT2D eigenvalue weighted by atomic mass is 32.2. The average Bonchev–Trinajstić information content (AvgIpc) is 3.16. The summed E-state index contributed by atoms with van der Waals surface area (Å²) in [5.74, 6) is -2.02. The summed E-state index contributed by atoms with van der Waals surface area (Å²) < 4.78 is 43.2. The number of nitrogens with zero attached hydrogens (tertiary/aromatic N) is 1. The molecule has 37 heavy (non-hydrogen) atoms. The van der Waals surface area contributed by atoms with E-state index in [1.54, 1.807) is 0 Å². The molecular weight excluding hydrogens is 499 g/mol. The highest BCUT2D eigenvalue weighted by Gasteiger charge is 2.28. The minimum atomic E-state index is -3.75. The fourth-order valence-corrected chi connectivity index (χ4v) is 5.86. The number of halogens is 1. The van der Waals surface area contributed by atoms with Gasteiger partial charge in [-0.25, -0.2) is 17.5 Å². The van der Waals surface area contributed by atoms with Crippen LogP contribution in [0.4, 0.5) is 4.39 Å². The molecule has 1 atom stereocenters. The van der Waals surface area contributed by atoms with Crippen molar-refractivity contribution < 1.29 is 32.6 Å². The quantitative estimate of drug-likeness (QED) is 0.324. The maximum absolute atomic E-state index is 13.1. The normalized spacial score (nSPS) is 15.0. The average molecular weight is 533 g/mol. The fourth-order valence-electron chi connectivity index (χ4n) is 4.59. The summed E-state index contributed by atoms with van der Waals surface area (Å²) in [6.07, 6.45) is 5.10. The predicted molar refractivity (Wildman–Crippen MR) is 139 cm³/mol. The minimum absolute atomic E-state index is 0.0335. The number of aryl methyl sites for hydroxylation is 1. The van der Waals surface area contributed by atoms with E-state index in [2.05, 4.69) is 11.6 Å². The number of nitrogens with one attached hydrogen (secondary N) is 1. The highest BCUT2D eigenvalue weighted by molar-refractivity contribution is 7.89. The standard InChI is InChI=1S/C21H21FN2O4S.C6H12O2/c22-14-5-8-16(9-6-14)29(27,28)23-15-7-10-20-18(13-15)17-3-1-2-4-19(17)24(20)12-11-21(25)26;1-2-3-4-5-6(7)8/h1-6,8-9,15,23H,7,10-13H2,(H,25,26);2-5H2,1H3,(H,7,8)/t15-;/m1./s1. The summed E-state index contributed by atoms with van der Waals surface area (Å²) in [5.41, 5.74) is 3.11. The Kier molecular flexibility index (Phi) is 9.82. The molecule has 0 aliphatic heterocycles. The first-order chi connectivity index (χ1) is 17.6. The Bertz CT molecular complexity index is 1330. The zero-order chi connectivity index (χ0) is 27.0. The van der Waals surface area contributed by atoms with Crippen molar-refractivity contribution >= 4 is 32.9 Å². The van der Waals surface area contributed by atoms with Gasteiger partial charge >= 0.3 is 11.9 Å². The van der Waals surface area contributed by atoms with Crippen molar-refractivity contribution in [1.82, 2.24) is 9.29 Å². The van der Waals surface area contributed by atoms with E-state index in [9.17, 15) is 22.4 Å². The second-order valence-corrected chi connectivity index (χ2v) is 10.8. The number of hydrogen-bond acceptors (Lipinski definition) is 4. The summed E-state index contributed by atoms with van der Waals surface area (Å²) in [6, 6.07) is 12.3. The molecule has 8 nitrogen and oxygen atoms in total. The van der Waals surface area contributed by atoms with E-state index in [0.717, 1.165) is 53.6 Å². The molecular formula is C27H33FN2O6S. The number of aliphatic carboxylic acids is 2. The largest absolute Gasteiger partial charge is 0.481 e. The van der Waals surface area contributed by atoms with Crippen molar-refractivity contribution in [2.45, 2.75) is 75.8 Å². The van der Waals surface area contributed by atoms with Gasteiger partial charge in [-0.3, -0.25) is 9.59 Å². The van der Waals surface area contributed by atoms with E-state index >= 15 is 0 Å². The molecule has 0 fully saturated rings. The van der Waals surface area contributed by atoms with Gasteiger partial charge in [0, 0.05) is 35.6 Å². The van der Waals surface area contributed by atoms with Gasteiger partial charge in [0.1, 0.15) is 5.82 Å². The van der Waals surface area contributed by atoms with Gasteiger partial charge in [-0.15, -0.1) is 0 Å². The number of hydrogen-bond donors (Lipinski definition) is 3. The third-order valence-electron chi connectivity index (χ3n) is 6.36. The van der Waals surface area contributed by atoms with Crippen molar-refractivity contribution in [3.63, 3.8) is 0 Å². The van der Waals surface area contributed by atoms with Crippen LogP contribution in [0.1, 0.15) is 56.7 Å². The van der Waals surface area contributed by atoms with Gasteiger partial charge in [0.05, 0.1) is 11.3 Å². The number of carboxylic acid groups (broad SMARTS) is 2. The Morgan fingerprint density at radius 3 is 2.35 bits per heavy atom. The molecule has 10 heteroatoms. The van der Waals surface area contributed by atoms with Crippen molar-refractivity contribution in [1.29, 1.82) is 0 Å². The summed E-state index contributed by atoms with van der Waals surface area (Å²) in [5, 5.41) is 18.2. The van der Waals surface area contributed by atoms with Gasteiger partial charge in [0.2, 0.25) is 10.0 Å². The molecule has 1 heterocycles. The number of para-hydroxylation sites is 1. The molecule has 0 amide bonds. The Morgan fingerprint density at radius 1 is 1.03 bits per heavy atom. The third kappa shape index (κ3) is 7.62. The van der Waals surface area contributed by atoms with Crippen LogP contribution in [0.15, 0.2) is 53.4 Å². The van der Waals surface area contributed by atoms with Crippen molar-refractivity contribution in [3.05, 3.63) is 65.6 Å². The number of carboxylic acids is 2. The number of sulfonamides is 1. The molecule has 2 aromatic carbocycles. The van der Waals surface area contributed by atoms with Crippen LogP contribution in [0.25, 0.3) is 10.9 Å². The SMILES string of the molecule is CCCCCC(=O)O.O=C(O)CCn1c2c(c3ccccc31)C[C@H](NS(=O)(=O)c1ccc(F)cc1)CC2. The lowest BCUT2D eigenvalue weighted by molar-refractivity contribution is -0.138. The topological polar surface area (TPSA) is 126 Å². The van der Waals surface area contributed by atoms with E-state index in [-0.39, 0.29) is 17.4 Å². The number of rotatable bonds is 10. The van der Waals surface area contributed by atoms with Gasteiger partial charge in [0.25, 0.3) is 0 Å². The Morgan fingerprint density at radius 2 is 1.70 bits per heavy atom. The van der Waals surface area contributed by atoms with E-state index in [4.69, 9.17) is 10.2 Å². The molecule has 0 spiro atoms. The molecule has 0 unspecified atom stereocenters. The third-order valence-corrected chi connectivity index (χ3v) is 7.90. The molecule has 0 saturated carbocycles. The van der Waals surface area contributed by atoms with Crippen LogP contribution in [0, 0.1) is 5.82 Å². The number of fused-ring (bicyclic) bond motifs is 3. The Hall–Kier alpha value is -3.24. The molecule has 3 N–H and O–H groups in total. The van der Waals surface area contributed by atoms with Gasteiger partial charge in [-0.05, 0) is 61.6 Å². The van der Waals surface area contributed by atoms with E-state index in [1.165, 1.54) is 12.1 Å². The fraction of sp³-hybridized carbons (Fsp3) is 0.407. The molecule has 0 bridgehead atoms.